The van der Waals surface area contributed by atoms with E-state index >= 15 is 0 Å². The molecule has 12 heavy (non-hydrogen) atoms. The molecule has 0 N–H and O–H groups in total. The first-order valence-corrected chi connectivity index (χ1v) is 4.05. The van der Waals surface area contributed by atoms with Crippen LogP contribution in [0.4, 0.5) is 5.69 Å². The van der Waals surface area contributed by atoms with Gasteiger partial charge in [0.25, 0.3) is 0 Å². The Hall–Kier alpha value is 0.107. The Labute approximate surface area is 91.5 Å². The number of hydrogen-bond donors (Lipinski definition) is 0. The van der Waals surface area contributed by atoms with Crippen LogP contribution in [-0.4, -0.2) is 11.0 Å². The third-order valence-electron chi connectivity index (χ3n) is 1.35. The molecular formula is C7H6Cl3NSi. The summed E-state index contributed by atoms with van der Waals surface area (Å²) in [6.07, 6.45) is 0. The van der Waals surface area contributed by atoms with Gasteiger partial charge in [-0.2, -0.15) is 3.94 Å². The highest BCUT2D eigenvalue weighted by Gasteiger charge is 2.06. The van der Waals surface area contributed by atoms with Crippen molar-refractivity contribution in [1.82, 2.24) is 0 Å². The van der Waals surface area contributed by atoms with E-state index in [0.29, 0.717) is 10.7 Å². The molecule has 0 saturated carbocycles. The molecule has 0 aromatic heterocycles. The van der Waals surface area contributed by atoms with Crippen molar-refractivity contribution < 1.29 is 0 Å². The van der Waals surface area contributed by atoms with E-state index in [2.05, 4.69) is 0 Å². The fourth-order valence-electron chi connectivity index (χ4n) is 0.762. The van der Waals surface area contributed by atoms with E-state index in [1.807, 2.05) is 19.1 Å². The lowest BCUT2D eigenvalue weighted by atomic mass is 10.2. The largest absolute Gasteiger partial charge is 0.192 e. The van der Waals surface area contributed by atoms with E-state index in [0.717, 1.165) is 9.50 Å². The van der Waals surface area contributed by atoms with Gasteiger partial charge >= 0.3 is 0 Å². The quantitative estimate of drug-likeness (QED) is 0.536. The van der Waals surface area contributed by atoms with Gasteiger partial charge in [0.2, 0.25) is 0 Å². The third kappa shape index (κ3) is 2.56. The van der Waals surface area contributed by atoms with Gasteiger partial charge in [0, 0.05) is 34.5 Å². The predicted molar refractivity (Wildman–Crippen MR) is 56.1 cm³/mol. The van der Waals surface area contributed by atoms with Crippen molar-refractivity contribution in [3.63, 3.8) is 0 Å². The minimum Gasteiger partial charge on any atom is -0.192 e. The molecule has 0 aliphatic rings. The third-order valence-corrected chi connectivity index (χ3v) is 2.21. The summed E-state index contributed by atoms with van der Waals surface area (Å²) in [5.41, 5.74) is 1.56. The Morgan fingerprint density at radius 2 is 1.83 bits per heavy atom. The summed E-state index contributed by atoms with van der Waals surface area (Å²) in [4.78, 5) is 0. The van der Waals surface area contributed by atoms with E-state index in [9.17, 15) is 0 Å². The van der Waals surface area contributed by atoms with Gasteiger partial charge in [-0.1, -0.05) is 23.7 Å². The van der Waals surface area contributed by atoms with Crippen molar-refractivity contribution in [3.8, 4) is 0 Å². The zero-order chi connectivity index (χ0) is 8.43. The van der Waals surface area contributed by atoms with Crippen LogP contribution in [0, 0.1) is 6.92 Å². The summed E-state index contributed by atoms with van der Waals surface area (Å²) < 4.78 is 0.954. The zero-order valence-electron chi connectivity index (χ0n) is 6.31. The summed E-state index contributed by atoms with van der Waals surface area (Å²) in [7, 11) is 0. The number of rotatable bonds is 1. The molecule has 0 fully saturated rings. The van der Waals surface area contributed by atoms with Gasteiger partial charge < -0.3 is 0 Å². The molecule has 0 atom stereocenters. The number of benzene rings is 1. The second-order valence-corrected chi connectivity index (χ2v) is 3.37. The van der Waals surface area contributed by atoms with E-state index in [-0.39, 0.29) is 11.0 Å². The van der Waals surface area contributed by atoms with Crippen molar-refractivity contribution in [3.05, 3.63) is 28.8 Å². The van der Waals surface area contributed by atoms with Crippen LogP contribution in [0.15, 0.2) is 18.2 Å². The Morgan fingerprint density at radius 3 is 2.25 bits per heavy atom. The number of hydrogen-bond acceptors (Lipinski definition) is 1. The van der Waals surface area contributed by atoms with Crippen LogP contribution >= 0.6 is 35.2 Å². The van der Waals surface area contributed by atoms with Gasteiger partial charge in [0.15, 0.2) is 0 Å². The van der Waals surface area contributed by atoms with E-state index in [1.165, 1.54) is 0 Å². The fourth-order valence-corrected chi connectivity index (χ4v) is 1.34. The molecule has 0 aliphatic heterocycles. The summed E-state index contributed by atoms with van der Waals surface area (Å²) in [5.74, 6) is 0. The normalized spacial score (nSPS) is 9.00. The number of nitrogens with zero attached hydrogens (tertiary/aromatic N) is 1. The van der Waals surface area contributed by atoms with Gasteiger partial charge in [0.05, 0.1) is 10.7 Å². The van der Waals surface area contributed by atoms with Gasteiger partial charge in [-0.3, -0.25) is 0 Å². The van der Waals surface area contributed by atoms with Gasteiger partial charge in [-0.15, -0.1) is 0 Å². The Kier molecular flexibility index (Phi) is 5.02. The first-order chi connectivity index (χ1) is 5.13. The number of halogens is 3. The van der Waals surface area contributed by atoms with Gasteiger partial charge in [0.1, 0.15) is 0 Å². The van der Waals surface area contributed by atoms with Crippen LogP contribution in [0.3, 0.4) is 0 Å². The molecular weight excluding hydrogens is 233 g/mol. The van der Waals surface area contributed by atoms with Crippen LogP contribution in [0.5, 0.6) is 0 Å². The topological polar surface area (TPSA) is 3.24 Å². The molecule has 0 unspecified atom stereocenters. The summed E-state index contributed by atoms with van der Waals surface area (Å²) in [5, 5.41) is 0.581. The summed E-state index contributed by atoms with van der Waals surface area (Å²) in [6.45, 7) is 1.89. The van der Waals surface area contributed by atoms with Crippen LogP contribution in [0.1, 0.15) is 5.56 Å². The molecule has 0 aliphatic carbocycles. The van der Waals surface area contributed by atoms with Crippen molar-refractivity contribution >= 4 is 51.8 Å². The summed E-state index contributed by atoms with van der Waals surface area (Å²) in [6, 6.07) is 5.48. The molecule has 1 aromatic rings. The first-order valence-electron chi connectivity index (χ1n) is 2.99. The highest BCUT2D eigenvalue weighted by atomic mass is 35.5. The minimum absolute atomic E-state index is 0. The predicted octanol–water partition coefficient (Wildman–Crippen LogP) is 3.38. The molecule has 1 nitrogen and oxygen atoms in total. The van der Waals surface area contributed by atoms with Crippen LogP contribution in [0.2, 0.25) is 5.02 Å². The maximum Gasteiger partial charge on any atom is 0.0898 e. The Balaban J connectivity index is 0.00000121. The SMILES string of the molecule is Cc1cccc(N(Cl)Cl)c1Cl.[Si]. The second-order valence-electron chi connectivity index (χ2n) is 2.14. The lowest BCUT2D eigenvalue weighted by molar-refractivity contribution is 1.45. The van der Waals surface area contributed by atoms with E-state index in [1.54, 1.807) is 6.07 Å². The van der Waals surface area contributed by atoms with Crippen LogP contribution in [0.25, 0.3) is 0 Å². The van der Waals surface area contributed by atoms with Gasteiger partial charge in [-0.25, -0.2) is 0 Å². The van der Waals surface area contributed by atoms with Crippen molar-refractivity contribution in [2.75, 3.05) is 3.94 Å². The molecule has 0 amide bonds. The molecule has 5 heteroatoms. The number of anilines is 1. The molecule has 4 radical (unpaired) electrons. The zero-order valence-corrected chi connectivity index (χ0v) is 9.58. The molecule has 0 bridgehead atoms. The fraction of sp³-hybridized carbons (Fsp3) is 0.143. The maximum absolute atomic E-state index is 5.88. The van der Waals surface area contributed by atoms with E-state index < -0.39 is 0 Å². The highest BCUT2D eigenvalue weighted by molar-refractivity contribution is 6.51. The highest BCUT2D eigenvalue weighted by Crippen LogP contribution is 2.30. The van der Waals surface area contributed by atoms with Crippen molar-refractivity contribution in [2.24, 2.45) is 0 Å². The Morgan fingerprint density at radius 1 is 1.25 bits per heavy atom. The van der Waals surface area contributed by atoms with Crippen LogP contribution < -0.4 is 3.94 Å². The summed E-state index contributed by atoms with van der Waals surface area (Å²) >= 11 is 16.9. The minimum atomic E-state index is 0. The standard InChI is InChI=1S/C7H6Cl3N.Si/c1-5-3-2-4-6(7(5)8)11(9)10;/h2-4H,1H3;. The lowest BCUT2D eigenvalue weighted by Gasteiger charge is -2.08. The molecule has 1 aromatic carbocycles. The van der Waals surface area contributed by atoms with Crippen LogP contribution in [-0.2, 0) is 0 Å². The van der Waals surface area contributed by atoms with Crippen molar-refractivity contribution in [2.45, 2.75) is 6.92 Å². The smallest absolute Gasteiger partial charge is 0.0898 e. The maximum atomic E-state index is 5.88. The van der Waals surface area contributed by atoms with E-state index in [4.69, 9.17) is 35.2 Å². The second kappa shape index (κ2) is 4.97. The van der Waals surface area contributed by atoms with Gasteiger partial charge in [-0.05, 0) is 18.6 Å². The first kappa shape index (κ1) is 12.1. The lowest BCUT2D eigenvalue weighted by Crippen LogP contribution is -1.93. The monoisotopic (exact) mass is 237 g/mol. The number of aryl methyl sites for hydroxylation is 1. The molecule has 1 rings (SSSR count). The molecule has 0 spiro atoms. The average molecular weight is 239 g/mol. The molecule has 64 valence electrons. The Bertz CT molecular complexity index is 265. The van der Waals surface area contributed by atoms with Crippen molar-refractivity contribution in [1.29, 1.82) is 0 Å². The average Bonchev–Trinajstić information content (AvgIpc) is 1.94. The molecule has 0 heterocycles. The molecule has 0 saturated heterocycles.